The average Bonchev–Trinajstić information content (AvgIpc) is 3.16. The lowest BCUT2D eigenvalue weighted by molar-refractivity contribution is 0.225. The lowest BCUT2D eigenvalue weighted by Gasteiger charge is -2.17. The standard InChI is InChI=1S/C21H17ClN4O3/c22-14-5-3-4-13(10-14)18(12-27)26-21(28)24-15-7-8-16-19(11-15)29-20(25-16)17-6-1-2-9-23-17/h1-11,18,27H,12H2,(H2,24,26,28). The Morgan fingerprint density at radius 3 is 2.79 bits per heavy atom. The van der Waals surface area contributed by atoms with Crippen molar-refractivity contribution in [2.24, 2.45) is 0 Å². The van der Waals surface area contributed by atoms with E-state index in [0.717, 1.165) is 0 Å². The van der Waals surface area contributed by atoms with Gasteiger partial charge in [-0.3, -0.25) is 4.98 Å². The van der Waals surface area contributed by atoms with Crippen molar-refractivity contribution in [2.45, 2.75) is 6.04 Å². The average molecular weight is 409 g/mol. The predicted octanol–water partition coefficient (Wildman–Crippen LogP) is 4.40. The predicted molar refractivity (Wildman–Crippen MR) is 111 cm³/mol. The number of nitrogens with zero attached hydrogens (tertiary/aromatic N) is 2. The maximum absolute atomic E-state index is 12.4. The summed E-state index contributed by atoms with van der Waals surface area (Å²) >= 11 is 5.98. The lowest BCUT2D eigenvalue weighted by atomic mass is 10.1. The van der Waals surface area contributed by atoms with Gasteiger partial charge in [0.2, 0.25) is 5.89 Å². The summed E-state index contributed by atoms with van der Waals surface area (Å²) in [5.74, 6) is 0.406. The number of pyridine rings is 1. The van der Waals surface area contributed by atoms with Gasteiger partial charge in [0.25, 0.3) is 0 Å². The van der Waals surface area contributed by atoms with E-state index in [1.54, 1.807) is 48.7 Å². The molecule has 1 unspecified atom stereocenters. The summed E-state index contributed by atoms with van der Waals surface area (Å²) in [7, 11) is 0. The number of hydrogen-bond acceptors (Lipinski definition) is 5. The quantitative estimate of drug-likeness (QED) is 0.454. The van der Waals surface area contributed by atoms with Gasteiger partial charge in [0.1, 0.15) is 11.2 Å². The number of fused-ring (bicyclic) bond motifs is 1. The zero-order chi connectivity index (χ0) is 20.2. The fraction of sp³-hybridized carbons (Fsp3) is 0.0952. The summed E-state index contributed by atoms with van der Waals surface area (Å²) in [5, 5.41) is 15.6. The molecule has 1 atom stereocenters. The van der Waals surface area contributed by atoms with Crippen molar-refractivity contribution >= 4 is 34.4 Å². The van der Waals surface area contributed by atoms with Gasteiger partial charge in [-0.25, -0.2) is 9.78 Å². The molecule has 0 aliphatic rings. The first kappa shape index (κ1) is 18.9. The Morgan fingerprint density at radius 2 is 2.03 bits per heavy atom. The van der Waals surface area contributed by atoms with Crippen LogP contribution in [0.5, 0.6) is 0 Å². The smallest absolute Gasteiger partial charge is 0.319 e. The molecule has 4 aromatic rings. The van der Waals surface area contributed by atoms with Crippen molar-refractivity contribution in [2.75, 3.05) is 11.9 Å². The third kappa shape index (κ3) is 4.37. The first-order chi connectivity index (χ1) is 14.1. The van der Waals surface area contributed by atoms with Crippen molar-refractivity contribution in [1.29, 1.82) is 0 Å². The number of urea groups is 1. The molecule has 2 heterocycles. The number of amides is 2. The van der Waals surface area contributed by atoms with E-state index >= 15 is 0 Å². The molecule has 0 saturated carbocycles. The van der Waals surface area contributed by atoms with E-state index in [1.807, 2.05) is 18.2 Å². The Hall–Kier alpha value is -3.42. The molecule has 0 fully saturated rings. The van der Waals surface area contributed by atoms with Crippen LogP contribution < -0.4 is 10.6 Å². The molecule has 0 bridgehead atoms. The van der Waals surface area contributed by atoms with Crippen molar-refractivity contribution in [3.05, 3.63) is 77.4 Å². The summed E-state index contributed by atoms with van der Waals surface area (Å²) in [6.07, 6.45) is 1.67. The van der Waals surface area contributed by atoms with E-state index in [-0.39, 0.29) is 6.61 Å². The van der Waals surface area contributed by atoms with Gasteiger partial charge in [-0.15, -0.1) is 0 Å². The molecule has 0 spiro atoms. The van der Waals surface area contributed by atoms with Crippen molar-refractivity contribution in [3.8, 4) is 11.6 Å². The second-order valence-electron chi connectivity index (χ2n) is 6.31. The van der Waals surface area contributed by atoms with Gasteiger partial charge in [0.05, 0.1) is 12.6 Å². The Balaban J connectivity index is 1.49. The van der Waals surface area contributed by atoms with Crippen molar-refractivity contribution in [1.82, 2.24) is 15.3 Å². The Morgan fingerprint density at radius 1 is 1.14 bits per heavy atom. The number of hydrogen-bond donors (Lipinski definition) is 3. The normalized spacial score (nSPS) is 11.9. The van der Waals surface area contributed by atoms with Crippen LogP contribution in [0, 0.1) is 0 Å². The molecule has 4 rings (SSSR count). The van der Waals surface area contributed by atoms with Gasteiger partial charge in [-0.2, -0.15) is 0 Å². The van der Waals surface area contributed by atoms with E-state index in [0.29, 0.717) is 39.0 Å². The van der Waals surface area contributed by atoms with Crippen LogP contribution in [0.3, 0.4) is 0 Å². The first-order valence-electron chi connectivity index (χ1n) is 8.88. The van der Waals surface area contributed by atoms with Crippen LogP contribution >= 0.6 is 11.6 Å². The summed E-state index contributed by atoms with van der Waals surface area (Å²) in [4.78, 5) is 21.0. The third-order valence-electron chi connectivity index (χ3n) is 4.27. The number of benzene rings is 2. The second-order valence-corrected chi connectivity index (χ2v) is 6.74. The van der Waals surface area contributed by atoms with E-state index in [4.69, 9.17) is 16.0 Å². The maximum atomic E-state index is 12.4. The minimum atomic E-state index is -0.585. The molecule has 2 aromatic heterocycles. The largest absolute Gasteiger partial charge is 0.435 e. The number of halogens is 1. The number of aliphatic hydroxyl groups is 1. The van der Waals surface area contributed by atoms with Gasteiger partial charge in [0, 0.05) is 23.0 Å². The third-order valence-corrected chi connectivity index (χ3v) is 4.50. The fourth-order valence-corrected chi connectivity index (χ4v) is 3.08. The Kier molecular flexibility index (Phi) is 5.41. The molecule has 0 saturated heterocycles. The molecule has 146 valence electrons. The molecule has 8 heteroatoms. The van der Waals surface area contributed by atoms with Gasteiger partial charge in [0.15, 0.2) is 5.58 Å². The SMILES string of the molecule is O=C(Nc1ccc2nc(-c3ccccn3)oc2c1)NC(CO)c1cccc(Cl)c1. The van der Waals surface area contributed by atoms with E-state index < -0.39 is 12.1 Å². The van der Waals surface area contributed by atoms with E-state index in [9.17, 15) is 9.90 Å². The van der Waals surface area contributed by atoms with Crippen LogP contribution in [-0.2, 0) is 0 Å². The Bertz CT molecular complexity index is 1150. The van der Waals surface area contributed by atoms with Gasteiger partial charge in [-0.1, -0.05) is 29.8 Å². The zero-order valence-corrected chi connectivity index (χ0v) is 15.9. The number of nitrogens with one attached hydrogen (secondary N) is 2. The monoisotopic (exact) mass is 408 g/mol. The number of rotatable bonds is 5. The van der Waals surface area contributed by atoms with Crippen molar-refractivity contribution < 1.29 is 14.3 Å². The highest BCUT2D eigenvalue weighted by Crippen LogP contribution is 2.25. The second kappa shape index (κ2) is 8.30. The van der Waals surface area contributed by atoms with Crippen LogP contribution in [-0.4, -0.2) is 27.7 Å². The minimum Gasteiger partial charge on any atom is -0.435 e. The molecule has 29 heavy (non-hydrogen) atoms. The molecule has 0 aliphatic heterocycles. The number of carbonyl (C=O) groups excluding carboxylic acids is 1. The Labute approximate surface area is 171 Å². The van der Waals surface area contributed by atoms with Crippen LogP contribution in [0.25, 0.3) is 22.7 Å². The van der Waals surface area contributed by atoms with Crippen LogP contribution in [0.1, 0.15) is 11.6 Å². The molecule has 0 aliphatic carbocycles. The minimum absolute atomic E-state index is 0.262. The molecule has 7 nitrogen and oxygen atoms in total. The van der Waals surface area contributed by atoms with Crippen molar-refractivity contribution in [3.63, 3.8) is 0 Å². The highest BCUT2D eigenvalue weighted by atomic mass is 35.5. The highest BCUT2D eigenvalue weighted by Gasteiger charge is 2.15. The number of carbonyl (C=O) groups is 1. The summed E-state index contributed by atoms with van der Waals surface area (Å²) in [6.45, 7) is -0.262. The number of oxazole rings is 1. The van der Waals surface area contributed by atoms with Crippen LogP contribution in [0.4, 0.5) is 10.5 Å². The van der Waals surface area contributed by atoms with Gasteiger partial charge >= 0.3 is 6.03 Å². The van der Waals surface area contributed by atoms with Crippen LogP contribution in [0.15, 0.2) is 71.3 Å². The topological polar surface area (TPSA) is 100 Å². The number of anilines is 1. The fourth-order valence-electron chi connectivity index (χ4n) is 2.88. The summed E-state index contributed by atoms with van der Waals surface area (Å²) < 4.78 is 5.76. The first-order valence-corrected chi connectivity index (χ1v) is 9.26. The van der Waals surface area contributed by atoms with Gasteiger partial charge < -0.3 is 20.2 Å². The zero-order valence-electron chi connectivity index (χ0n) is 15.2. The highest BCUT2D eigenvalue weighted by molar-refractivity contribution is 6.30. The lowest BCUT2D eigenvalue weighted by Crippen LogP contribution is -2.34. The molecule has 2 amide bonds. The van der Waals surface area contributed by atoms with Gasteiger partial charge in [-0.05, 0) is 42.0 Å². The number of aromatic nitrogens is 2. The molecule has 2 aromatic carbocycles. The van der Waals surface area contributed by atoms with Crippen LogP contribution in [0.2, 0.25) is 5.02 Å². The number of aliphatic hydroxyl groups excluding tert-OH is 1. The molecular formula is C21H17ClN4O3. The molecule has 3 N–H and O–H groups in total. The van der Waals surface area contributed by atoms with E-state index in [1.165, 1.54) is 0 Å². The van der Waals surface area contributed by atoms with E-state index in [2.05, 4.69) is 20.6 Å². The maximum Gasteiger partial charge on any atom is 0.319 e. The summed E-state index contributed by atoms with van der Waals surface area (Å²) in [5.41, 5.74) is 3.05. The summed E-state index contributed by atoms with van der Waals surface area (Å²) in [6, 6.07) is 16.6. The molecule has 0 radical (unpaired) electrons. The molecular weight excluding hydrogens is 392 g/mol.